The average Bonchev–Trinajstić information content (AvgIpc) is 2.69. The molecular weight excluding hydrogens is 204 g/mol. The summed E-state index contributed by atoms with van der Waals surface area (Å²) < 4.78 is 4.72. The first-order valence-electron chi connectivity index (χ1n) is 5.51. The van der Waals surface area contributed by atoms with Crippen LogP contribution in [-0.2, 0) is 0 Å². The van der Waals surface area contributed by atoms with E-state index < -0.39 is 0 Å². The Bertz CT molecular complexity index is 516. The molecular formula is C11H14N4O. The summed E-state index contributed by atoms with van der Waals surface area (Å²) in [5, 5.41) is 11.1. The van der Waals surface area contributed by atoms with Crippen molar-refractivity contribution in [2.45, 2.75) is 25.8 Å². The molecule has 0 atom stereocenters. The fourth-order valence-electron chi connectivity index (χ4n) is 2.24. The number of anilines is 2. The fourth-order valence-corrected chi connectivity index (χ4v) is 2.24. The number of nitrogens with two attached hydrogens (primary N) is 1. The summed E-state index contributed by atoms with van der Waals surface area (Å²) in [5.41, 5.74) is 8.70. The van der Waals surface area contributed by atoms with Gasteiger partial charge in [-0.25, -0.2) is 4.63 Å². The Morgan fingerprint density at radius 2 is 2.06 bits per heavy atom. The lowest BCUT2D eigenvalue weighted by molar-refractivity contribution is 0.308. The number of rotatable bonds is 2. The number of aromatic nitrogens is 2. The summed E-state index contributed by atoms with van der Waals surface area (Å²) >= 11 is 0. The molecule has 1 saturated carbocycles. The maximum Gasteiger partial charge on any atom is 0.160 e. The summed E-state index contributed by atoms with van der Waals surface area (Å²) in [5.74, 6) is 0.817. The fraction of sp³-hybridized carbons (Fsp3) is 0.455. The molecule has 0 unspecified atom stereocenters. The van der Waals surface area contributed by atoms with Gasteiger partial charge >= 0.3 is 0 Å². The van der Waals surface area contributed by atoms with Gasteiger partial charge in [0.2, 0.25) is 0 Å². The summed E-state index contributed by atoms with van der Waals surface area (Å²) in [6.45, 7) is 2.26. The molecule has 1 aliphatic carbocycles. The van der Waals surface area contributed by atoms with Gasteiger partial charge in [-0.05, 0) is 41.2 Å². The van der Waals surface area contributed by atoms with Crippen LogP contribution in [0.3, 0.4) is 0 Å². The Hall–Kier alpha value is -1.78. The van der Waals surface area contributed by atoms with E-state index in [2.05, 4.69) is 22.6 Å². The molecule has 3 N–H and O–H groups in total. The van der Waals surface area contributed by atoms with E-state index in [1.165, 1.54) is 12.8 Å². The van der Waals surface area contributed by atoms with Crippen LogP contribution in [0.1, 0.15) is 19.8 Å². The van der Waals surface area contributed by atoms with Crippen molar-refractivity contribution in [3.8, 4) is 0 Å². The van der Waals surface area contributed by atoms with Crippen molar-refractivity contribution in [1.82, 2.24) is 10.3 Å². The van der Waals surface area contributed by atoms with Crippen LogP contribution in [0, 0.1) is 5.92 Å². The van der Waals surface area contributed by atoms with E-state index >= 15 is 0 Å². The Morgan fingerprint density at radius 1 is 1.31 bits per heavy atom. The highest BCUT2D eigenvalue weighted by molar-refractivity contribution is 5.95. The summed E-state index contributed by atoms with van der Waals surface area (Å²) in [4.78, 5) is 0. The second-order valence-corrected chi connectivity index (χ2v) is 4.58. The highest BCUT2D eigenvalue weighted by atomic mass is 16.6. The molecule has 1 aliphatic rings. The van der Waals surface area contributed by atoms with E-state index in [-0.39, 0.29) is 0 Å². The van der Waals surface area contributed by atoms with Crippen molar-refractivity contribution in [1.29, 1.82) is 0 Å². The van der Waals surface area contributed by atoms with Gasteiger partial charge in [0.15, 0.2) is 11.0 Å². The Kier molecular flexibility index (Phi) is 1.99. The molecule has 16 heavy (non-hydrogen) atoms. The third kappa shape index (κ3) is 1.39. The molecule has 1 aromatic carbocycles. The molecule has 0 radical (unpaired) electrons. The molecule has 84 valence electrons. The molecule has 5 heteroatoms. The number of hydrogen-bond donors (Lipinski definition) is 2. The van der Waals surface area contributed by atoms with Crippen LogP contribution in [0.2, 0.25) is 0 Å². The third-order valence-electron chi connectivity index (χ3n) is 3.18. The minimum atomic E-state index is 0.540. The maximum absolute atomic E-state index is 5.78. The molecule has 1 aromatic heterocycles. The molecule has 1 heterocycles. The summed E-state index contributed by atoms with van der Waals surface area (Å²) in [6.07, 6.45) is 2.41. The van der Waals surface area contributed by atoms with Gasteiger partial charge in [-0.15, -0.1) is 0 Å². The molecule has 0 amide bonds. The number of hydrogen-bond acceptors (Lipinski definition) is 5. The standard InChI is InChI=1S/C11H14N4O/c1-6-4-7(5-6)13-9-3-2-8(12)10-11(9)15-16-14-10/h2-3,6-7,13H,4-5,12H2,1H3. The number of nitrogens with one attached hydrogen (secondary N) is 1. The number of nitrogen functional groups attached to an aromatic ring is 1. The van der Waals surface area contributed by atoms with Gasteiger partial charge in [0, 0.05) is 6.04 Å². The van der Waals surface area contributed by atoms with E-state index in [4.69, 9.17) is 10.4 Å². The van der Waals surface area contributed by atoms with E-state index in [1.54, 1.807) is 0 Å². The molecule has 1 fully saturated rings. The molecule has 0 saturated heterocycles. The minimum absolute atomic E-state index is 0.540. The highest BCUT2D eigenvalue weighted by Gasteiger charge is 2.25. The Labute approximate surface area is 93.0 Å². The van der Waals surface area contributed by atoms with E-state index in [0.29, 0.717) is 17.2 Å². The largest absolute Gasteiger partial charge is 0.397 e. The second-order valence-electron chi connectivity index (χ2n) is 4.58. The van der Waals surface area contributed by atoms with Crippen molar-refractivity contribution in [3.05, 3.63) is 12.1 Å². The lowest BCUT2D eigenvalue weighted by Gasteiger charge is -2.34. The summed E-state index contributed by atoms with van der Waals surface area (Å²) in [6, 6.07) is 4.31. The van der Waals surface area contributed by atoms with Crippen molar-refractivity contribution < 1.29 is 4.63 Å². The predicted molar refractivity (Wildman–Crippen MR) is 62.0 cm³/mol. The number of nitrogens with zero attached hydrogens (tertiary/aromatic N) is 2. The molecule has 0 bridgehead atoms. The van der Waals surface area contributed by atoms with Gasteiger partial charge in [0.05, 0.1) is 11.4 Å². The van der Waals surface area contributed by atoms with Gasteiger partial charge in [0.25, 0.3) is 0 Å². The number of benzene rings is 1. The highest BCUT2D eigenvalue weighted by Crippen LogP contribution is 2.32. The number of fused-ring (bicyclic) bond motifs is 1. The molecule has 3 rings (SSSR count). The lowest BCUT2D eigenvalue weighted by Crippen LogP contribution is -2.33. The smallest absolute Gasteiger partial charge is 0.160 e. The molecule has 0 spiro atoms. The zero-order chi connectivity index (χ0) is 11.1. The normalized spacial score (nSPS) is 24.3. The van der Waals surface area contributed by atoms with Crippen molar-refractivity contribution in [3.63, 3.8) is 0 Å². The van der Waals surface area contributed by atoms with Gasteiger partial charge in [0.1, 0.15) is 0 Å². The molecule has 0 aliphatic heterocycles. The second kappa shape index (κ2) is 3.37. The van der Waals surface area contributed by atoms with Gasteiger partial charge < -0.3 is 11.1 Å². The maximum atomic E-state index is 5.78. The average molecular weight is 218 g/mol. The first-order valence-corrected chi connectivity index (χ1v) is 5.51. The van der Waals surface area contributed by atoms with Crippen LogP contribution >= 0.6 is 0 Å². The van der Waals surface area contributed by atoms with E-state index in [1.807, 2.05) is 12.1 Å². The van der Waals surface area contributed by atoms with Gasteiger partial charge in [-0.1, -0.05) is 6.92 Å². The zero-order valence-electron chi connectivity index (χ0n) is 9.10. The molecule has 2 aromatic rings. The van der Waals surface area contributed by atoms with Crippen molar-refractivity contribution in [2.24, 2.45) is 5.92 Å². The first-order chi connectivity index (χ1) is 7.74. The van der Waals surface area contributed by atoms with Crippen LogP contribution < -0.4 is 11.1 Å². The van der Waals surface area contributed by atoms with Crippen LogP contribution in [-0.4, -0.2) is 16.4 Å². The summed E-state index contributed by atoms with van der Waals surface area (Å²) in [7, 11) is 0. The van der Waals surface area contributed by atoms with E-state index in [9.17, 15) is 0 Å². The van der Waals surface area contributed by atoms with E-state index in [0.717, 1.165) is 17.1 Å². The Morgan fingerprint density at radius 3 is 2.81 bits per heavy atom. The monoisotopic (exact) mass is 218 g/mol. The van der Waals surface area contributed by atoms with Crippen molar-refractivity contribution in [2.75, 3.05) is 11.1 Å². The van der Waals surface area contributed by atoms with Gasteiger partial charge in [-0.2, -0.15) is 0 Å². The SMILES string of the molecule is CC1CC(Nc2ccc(N)c3nonc23)C1. The zero-order valence-corrected chi connectivity index (χ0v) is 9.10. The third-order valence-corrected chi connectivity index (χ3v) is 3.18. The predicted octanol–water partition coefficient (Wildman–Crippen LogP) is 2.02. The lowest BCUT2D eigenvalue weighted by atomic mass is 9.82. The molecule has 5 nitrogen and oxygen atoms in total. The van der Waals surface area contributed by atoms with Gasteiger partial charge in [-0.3, -0.25) is 0 Å². The topological polar surface area (TPSA) is 77.0 Å². The van der Waals surface area contributed by atoms with Crippen molar-refractivity contribution >= 4 is 22.4 Å². The van der Waals surface area contributed by atoms with Crippen LogP contribution in [0.5, 0.6) is 0 Å². The minimum Gasteiger partial charge on any atom is -0.397 e. The van der Waals surface area contributed by atoms with Crippen LogP contribution in [0.25, 0.3) is 11.0 Å². The Balaban J connectivity index is 1.92. The van der Waals surface area contributed by atoms with Crippen LogP contribution in [0.15, 0.2) is 16.8 Å². The van der Waals surface area contributed by atoms with Crippen LogP contribution in [0.4, 0.5) is 11.4 Å². The quantitative estimate of drug-likeness (QED) is 0.754. The first kappa shape index (κ1) is 9.45.